The Kier molecular flexibility index (Phi) is 6.27. The van der Waals surface area contributed by atoms with Gasteiger partial charge in [0.2, 0.25) is 5.88 Å². The lowest BCUT2D eigenvalue weighted by Gasteiger charge is -2.29. The molecule has 1 aromatic heterocycles. The summed E-state index contributed by atoms with van der Waals surface area (Å²) in [6.07, 6.45) is 6.31. The molecule has 0 amide bonds. The molecule has 0 unspecified atom stereocenters. The van der Waals surface area contributed by atoms with Crippen molar-refractivity contribution in [1.82, 2.24) is 10.3 Å². The molecule has 1 N–H and O–H groups in total. The molecule has 4 nitrogen and oxygen atoms in total. The largest absolute Gasteiger partial charge is 0.481 e. The maximum Gasteiger partial charge on any atom is 0.213 e. The van der Waals surface area contributed by atoms with Crippen LogP contribution < -0.4 is 10.1 Å². The number of rotatable bonds is 7. The minimum Gasteiger partial charge on any atom is -0.481 e. The Balaban J connectivity index is 1.70. The third kappa shape index (κ3) is 4.76. The van der Waals surface area contributed by atoms with Crippen LogP contribution in [-0.2, 0) is 11.3 Å². The van der Waals surface area contributed by atoms with Crippen LogP contribution >= 0.6 is 0 Å². The van der Waals surface area contributed by atoms with Gasteiger partial charge in [-0.2, -0.15) is 0 Å². The highest BCUT2D eigenvalue weighted by Gasteiger charge is 2.21. The van der Waals surface area contributed by atoms with Gasteiger partial charge in [-0.3, -0.25) is 0 Å². The summed E-state index contributed by atoms with van der Waals surface area (Å²) in [5.41, 5.74) is 0.940. The van der Waals surface area contributed by atoms with Crippen LogP contribution in [0.3, 0.4) is 0 Å². The van der Waals surface area contributed by atoms with Crippen LogP contribution in [0.2, 0.25) is 0 Å². The second-order valence-electron chi connectivity index (χ2n) is 5.41. The second-order valence-corrected chi connectivity index (χ2v) is 5.41. The highest BCUT2D eigenvalue weighted by molar-refractivity contribution is 5.15. The fraction of sp³-hybridized carbons (Fsp3) is 0.688. The van der Waals surface area contributed by atoms with Crippen molar-refractivity contribution in [3.8, 4) is 5.88 Å². The molecule has 0 aromatic carbocycles. The third-order valence-electron chi connectivity index (χ3n) is 3.81. The highest BCUT2D eigenvalue weighted by atomic mass is 16.5. The Morgan fingerprint density at radius 1 is 1.25 bits per heavy atom. The molecule has 2 rings (SSSR count). The zero-order chi connectivity index (χ0) is 14.2. The van der Waals surface area contributed by atoms with Gasteiger partial charge in [0.25, 0.3) is 0 Å². The van der Waals surface area contributed by atoms with Crippen LogP contribution in [0, 0.1) is 0 Å². The summed E-state index contributed by atoms with van der Waals surface area (Å²) in [6.45, 7) is 3.92. The van der Waals surface area contributed by atoms with Crippen LogP contribution in [0.15, 0.2) is 18.2 Å². The van der Waals surface area contributed by atoms with Crippen molar-refractivity contribution >= 4 is 0 Å². The van der Waals surface area contributed by atoms with Gasteiger partial charge in [-0.15, -0.1) is 0 Å². The van der Waals surface area contributed by atoms with E-state index in [1.165, 1.54) is 19.3 Å². The lowest BCUT2D eigenvalue weighted by molar-refractivity contribution is 0.00968. The van der Waals surface area contributed by atoms with Gasteiger partial charge < -0.3 is 14.8 Å². The summed E-state index contributed by atoms with van der Waals surface area (Å²) in [6, 6.07) is 6.48. The first-order chi connectivity index (χ1) is 9.81. The number of nitrogens with one attached hydrogen (secondary N) is 1. The number of ether oxygens (including phenoxy) is 2. The maximum absolute atomic E-state index is 5.98. The van der Waals surface area contributed by atoms with E-state index in [-0.39, 0.29) is 0 Å². The van der Waals surface area contributed by atoms with E-state index in [0.29, 0.717) is 24.6 Å². The average molecular weight is 278 g/mol. The van der Waals surface area contributed by atoms with E-state index < -0.39 is 0 Å². The summed E-state index contributed by atoms with van der Waals surface area (Å²) in [5, 5.41) is 3.60. The van der Waals surface area contributed by atoms with E-state index >= 15 is 0 Å². The van der Waals surface area contributed by atoms with Crippen molar-refractivity contribution in [3.05, 3.63) is 23.9 Å². The van der Waals surface area contributed by atoms with Crippen LogP contribution in [0.1, 0.15) is 44.7 Å². The topological polar surface area (TPSA) is 43.4 Å². The third-order valence-corrected chi connectivity index (χ3v) is 3.81. The van der Waals surface area contributed by atoms with E-state index in [1.807, 2.05) is 18.2 Å². The van der Waals surface area contributed by atoms with Gasteiger partial charge in [-0.1, -0.05) is 13.0 Å². The molecule has 0 aliphatic heterocycles. The van der Waals surface area contributed by atoms with Crippen LogP contribution in [0.25, 0.3) is 0 Å². The zero-order valence-corrected chi connectivity index (χ0v) is 12.6. The molecule has 4 heteroatoms. The lowest BCUT2D eigenvalue weighted by atomic mass is 9.93. The molecule has 112 valence electrons. The summed E-state index contributed by atoms with van der Waals surface area (Å²) >= 11 is 0. The Labute approximate surface area is 121 Å². The number of pyridine rings is 1. The van der Waals surface area contributed by atoms with Crippen LogP contribution in [-0.4, -0.2) is 30.8 Å². The number of aromatic nitrogens is 1. The predicted octanol–water partition coefficient (Wildman–Crippen LogP) is 2.92. The molecule has 1 saturated carbocycles. The number of nitrogens with zero attached hydrogens (tertiary/aromatic N) is 1. The van der Waals surface area contributed by atoms with Gasteiger partial charge in [-0.05, 0) is 44.7 Å². The summed E-state index contributed by atoms with van der Waals surface area (Å²) < 4.78 is 11.1. The molecule has 1 aliphatic carbocycles. The smallest absolute Gasteiger partial charge is 0.213 e. The Bertz CT molecular complexity index is 390. The standard InChI is InChI=1S/C16H26N2O2/c1-3-11-17-13-7-9-15(10-8-13)20-12-14-5-4-6-16(18-14)19-2/h4-6,13,15,17H,3,7-12H2,1-2H3. The molecule has 1 fully saturated rings. The van der Waals surface area contributed by atoms with Crippen molar-refractivity contribution in [1.29, 1.82) is 0 Å². The fourth-order valence-corrected chi connectivity index (χ4v) is 2.64. The summed E-state index contributed by atoms with van der Waals surface area (Å²) in [4.78, 5) is 4.37. The minimum atomic E-state index is 0.377. The quantitative estimate of drug-likeness (QED) is 0.833. The second kappa shape index (κ2) is 8.22. The predicted molar refractivity (Wildman–Crippen MR) is 79.9 cm³/mol. The van der Waals surface area contributed by atoms with Crippen LogP contribution in [0.5, 0.6) is 5.88 Å². The lowest BCUT2D eigenvalue weighted by Crippen LogP contribution is -2.35. The summed E-state index contributed by atoms with van der Waals surface area (Å²) in [7, 11) is 1.64. The van der Waals surface area contributed by atoms with E-state index in [4.69, 9.17) is 9.47 Å². The molecule has 0 atom stereocenters. The van der Waals surface area contributed by atoms with Gasteiger partial charge in [0.05, 0.1) is 25.5 Å². The molecule has 1 aliphatic rings. The van der Waals surface area contributed by atoms with Crippen molar-refractivity contribution in [2.24, 2.45) is 0 Å². The van der Waals surface area contributed by atoms with Crippen molar-refractivity contribution in [2.45, 2.75) is 57.8 Å². The number of hydrogen-bond donors (Lipinski definition) is 1. The average Bonchev–Trinajstić information content (AvgIpc) is 2.52. The zero-order valence-electron chi connectivity index (χ0n) is 12.6. The molecule has 0 bridgehead atoms. The van der Waals surface area contributed by atoms with E-state index in [9.17, 15) is 0 Å². The van der Waals surface area contributed by atoms with Gasteiger partial charge in [0.15, 0.2) is 0 Å². The van der Waals surface area contributed by atoms with Crippen molar-refractivity contribution in [3.63, 3.8) is 0 Å². The van der Waals surface area contributed by atoms with Gasteiger partial charge in [0, 0.05) is 12.1 Å². The fourth-order valence-electron chi connectivity index (χ4n) is 2.64. The summed E-state index contributed by atoms with van der Waals surface area (Å²) in [5.74, 6) is 0.651. The SMILES string of the molecule is CCCNC1CCC(OCc2cccc(OC)n2)CC1. The number of hydrogen-bond acceptors (Lipinski definition) is 4. The molecule has 0 spiro atoms. The Hall–Kier alpha value is -1.13. The molecular formula is C16H26N2O2. The Morgan fingerprint density at radius 2 is 2.05 bits per heavy atom. The minimum absolute atomic E-state index is 0.377. The molecule has 20 heavy (non-hydrogen) atoms. The van der Waals surface area contributed by atoms with Gasteiger partial charge in [-0.25, -0.2) is 4.98 Å². The van der Waals surface area contributed by atoms with Gasteiger partial charge in [0.1, 0.15) is 0 Å². The van der Waals surface area contributed by atoms with Crippen molar-refractivity contribution < 1.29 is 9.47 Å². The van der Waals surface area contributed by atoms with Crippen molar-refractivity contribution in [2.75, 3.05) is 13.7 Å². The number of methoxy groups -OCH3 is 1. The van der Waals surface area contributed by atoms with Crippen LogP contribution in [0.4, 0.5) is 0 Å². The van der Waals surface area contributed by atoms with E-state index in [0.717, 1.165) is 25.1 Å². The molecule has 0 radical (unpaired) electrons. The Morgan fingerprint density at radius 3 is 2.75 bits per heavy atom. The van der Waals surface area contributed by atoms with Gasteiger partial charge >= 0.3 is 0 Å². The monoisotopic (exact) mass is 278 g/mol. The first-order valence-corrected chi connectivity index (χ1v) is 7.66. The molecule has 0 saturated heterocycles. The molecule has 1 aromatic rings. The molecule has 1 heterocycles. The first-order valence-electron chi connectivity index (χ1n) is 7.66. The van der Waals surface area contributed by atoms with E-state index in [2.05, 4.69) is 17.2 Å². The van der Waals surface area contributed by atoms with E-state index in [1.54, 1.807) is 7.11 Å². The normalized spacial score (nSPS) is 22.7. The molecular weight excluding hydrogens is 252 g/mol. The highest BCUT2D eigenvalue weighted by Crippen LogP contribution is 2.22. The maximum atomic E-state index is 5.98. The first kappa shape index (κ1) is 15.3.